The van der Waals surface area contributed by atoms with Gasteiger partial charge in [0.2, 0.25) is 10.0 Å². The summed E-state index contributed by atoms with van der Waals surface area (Å²) >= 11 is 12.0. The number of non-ortho nitro benzene ring substituents is 1. The van der Waals surface area contributed by atoms with E-state index in [1.54, 1.807) is 6.92 Å². The van der Waals surface area contributed by atoms with Crippen LogP contribution in [0.25, 0.3) is 0 Å². The summed E-state index contributed by atoms with van der Waals surface area (Å²) in [5.41, 5.74) is -0.0486. The third kappa shape index (κ3) is 5.60. The van der Waals surface area contributed by atoms with Gasteiger partial charge in [-0.05, 0) is 24.6 Å². The van der Waals surface area contributed by atoms with Gasteiger partial charge in [-0.2, -0.15) is 0 Å². The van der Waals surface area contributed by atoms with E-state index in [2.05, 4.69) is 4.72 Å². The van der Waals surface area contributed by atoms with Gasteiger partial charge in [-0.25, -0.2) is 13.1 Å². The number of carbonyl (C=O) groups is 1. The van der Waals surface area contributed by atoms with Crippen molar-refractivity contribution < 1.29 is 27.6 Å². The lowest BCUT2D eigenvalue weighted by Gasteiger charge is -2.20. The third-order valence-electron chi connectivity index (χ3n) is 3.96. The van der Waals surface area contributed by atoms with Crippen molar-refractivity contribution in [3.63, 3.8) is 0 Å². The van der Waals surface area contributed by atoms with Crippen LogP contribution < -0.4 is 9.46 Å². The molecular formula is C18H18Cl2N2O7S. The topological polar surface area (TPSA) is 125 Å². The third-order valence-corrected chi connectivity index (χ3v) is 6.25. The Morgan fingerprint density at radius 1 is 1.27 bits per heavy atom. The highest BCUT2D eigenvalue weighted by atomic mass is 35.5. The van der Waals surface area contributed by atoms with Gasteiger partial charge in [0.1, 0.15) is 9.92 Å². The van der Waals surface area contributed by atoms with Gasteiger partial charge in [-0.1, -0.05) is 35.3 Å². The maximum absolute atomic E-state index is 13.0. The summed E-state index contributed by atoms with van der Waals surface area (Å²) in [4.78, 5) is 22.2. The predicted octanol–water partition coefficient (Wildman–Crippen LogP) is 3.88. The molecule has 2 aromatic carbocycles. The molecule has 9 nitrogen and oxygen atoms in total. The van der Waals surface area contributed by atoms with Crippen LogP contribution in [0.1, 0.15) is 24.9 Å². The quantitative estimate of drug-likeness (QED) is 0.330. The number of esters is 1. The number of rotatable bonds is 9. The number of nitrogens with zero attached hydrogens (tertiary/aromatic N) is 1. The number of nitrogens with one attached hydrogen (secondary N) is 1. The second kappa shape index (κ2) is 10.1. The van der Waals surface area contributed by atoms with E-state index in [4.69, 9.17) is 32.7 Å². The number of nitro benzene ring substituents is 1. The smallest absolute Gasteiger partial charge is 0.307 e. The van der Waals surface area contributed by atoms with E-state index in [-0.39, 0.29) is 38.5 Å². The Bertz CT molecular complexity index is 1060. The van der Waals surface area contributed by atoms with Gasteiger partial charge in [0, 0.05) is 12.1 Å². The molecule has 0 amide bonds. The number of sulfonamides is 1. The first kappa shape index (κ1) is 23.9. The number of methoxy groups -OCH3 is 1. The molecule has 0 aromatic heterocycles. The van der Waals surface area contributed by atoms with Crippen LogP contribution in [0.15, 0.2) is 41.3 Å². The summed E-state index contributed by atoms with van der Waals surface area (Å²) in [6.45, 7) is 1.69. The van der Waals surface area contributed by atoms with Crippen LogP contribution >= 0.6 is 23.2 Å². The van der Waals surface area contributed by atoms with Crippen molar-refractivity contribution in [1.29, 1.82) is 0 Å². The molecule has 0 aliphatic carbocycles. The molecule has 0 bridgehead atoms. The van der Waals surface area contributed by atoms with Gasteiger partial charge in [-0.3, -0.25) is 14.9 Å². The molecule has 0 spiro atoms. The highest BCUT2D eigenvalue weighted by Crippen LogP contribution is 2.38. The lowest BCUT2D eigenvalue weighted by atomic mass is 10.0. The molecule has 1 N–H and O–H groups in total. The van der Waals surface area contributed by atoms with E-state index in [9.17, 15) is 23.3 Å². The van der Waals surface area contributed by atoms with Crippen molar-refractivity contribution in [2.75, 3.05) is 13.7 Å². The molecule has 0 unspecified atom stereocenters. The second-order valence-electron chi connectivity index (χ2n) is 5.93. The van der Waals surface area contributed by atoms with E-state index in [0.29, 0.717) is 0 Å². The van der Waals surface area contributed by atoms with Gasteiger partial charge >= 0.3 is 5.97 Å². The Hall–Kier alpha value is -2.40. The number of nitro groups is 1. The molecule has 0 aliphatic heterocycles. The fraction of sp³-hybridized carbons (Fsp3) is 0.278. The highest BCUT2D eigenvalue weighted by molar-refractivity contribution is 7.89. The molecule has 162 valence electrons. The SMILES string of the molecule is CCOC(=O)C[C@@H](NS(=O)(=O)c1ccc(Cl)c(Cl)c1OC)c1cccc([N+](=O)[O-])c1. The van der Waals surface area contributed by atoms with Gasteiger partial charge in [0.25, 0.3) is 5.69 Å². The number of ether oxygens (including phenoxy) is 2. The van der Waals surface area contributed by atoms with Gasteiger partial charge in [-0.15, -0.1) is 0 Å². The fourth-order valence-corrected chi connectivity index (χ4v) is 4.48. The number of halogens is 2. The minimum Gasteiger partial charge on any atom is -0.494 e. The van der Waals surface area contributed by atoms with E-state index in [0.717, 1.165) is 0 Å². The zero-order chi connectivity index (χ0) is 22.5. The number of hydrogen-bond donors (Lipinski definition) is 1. The zero-order valence-electron chi connectivity index (χ0n) is 15.9. The van der Waals surface area contributed by atoms with Crippen molar-refractivity contribution in [2.45, 2.75) is 24.3 Å². The minimum absolute atomic E-state index is 0.0911. The van der Waals surface area contributed by atoms with Crippen LogP contribution in [0.2, 0.25) is 10.0 Å². The van der Waals surface area contributed by atoms with Crippen LogP contribution in [0.3, 0.4) is 0 Å². The zero-order valence-corrected chi connectivity index (χ0v) is 18.3. The Balaban J connectivity index is 2.50. The molecule has 1 atom stereocenters. The molecule has 0 aliphatic rings. The van der Waals surface area contributed by atoms with Gasteiger partial charge in [0.05, 0.1) is 36.1 Å². The summed E-state index contributed by atoms with van der Waals surface area (Å²) in [6.07, 6.45) is -0.391. The summed E-state index contributed by atoms with van der Waals surface area (Å²) in [5.74, 6) is -0.858. The van der Waals surface area contributed by atoms with Crippen LogP contribution in [0.5, 0.6) is 5.75 Å². The molecule has 12 heteroatoms. The monoisotopic (exact) mass is 476 g/mol. The summed E-state index contributed by atoms with van der Waals surface area (Å²) in [7, 11) is -3.05. The Morgan fingerprint density at radius 3 is 2.57 bits per heavy atom. The summed E-state index contributed by atoms with van der Waals surface area (Å²) in [5, 5.41) is 11.1. The van der Waals surface area contributed by atoms with Gasteiger partial charge in [0.15, 0.2) is 5.75 Å². The van der Waals surface area contributed by atoms with E-state index in [1.165, 1.54) is 43.5 Å². The first-order valence-electron chi connectivity index (χ1n) is 8.55. The number of hydrogen-bond acceptors (Lipinski definition) is 7. The average Bonchev–Trinajstić information content (AvgIpc) is 2.69. The van der Waals surface area contributed by atoms with Gasteiger partial charge < -0.3 is 9.47 Å². The summed E-state index contributed by atoms with van der Waals surface area (Å²) < 4.78 is 38.4. The largest absolute Gasteiger partial charge is 0.494 e. The first-order valence-corrected chi connectivity index (χ1v) is 10.8. The van der Waals surface area contributed by atoms with Crippen molar-refractivity contribution in [2.24, 2.45) is 0 Å². The van der Waals surface area contributed by atoms with Crippen LogP contribution in [0, 0.1) is 10.1 Å². The highest BCUT2D eigenvalue weighted by Gasteiger charge is 2.29. The lowest BCUT2D eigenvalue weighted by Crippen LogP contribution is -2.31. The van der Waals surface area contributed by atoms with Crippen molar-refractivity contribution in [1.82, 2.24) is 4.72 Å². The predicted molar refractivity (Wildman–Crippen MR) is 110 cm³/mol. The lowest BCUT2D eigenvalue weighted by molar-refractivity contribution is -0.384. The van der Waals surface area contributed by atoms with E-state index < -0.39 is 33.4 Å². The molecule has 0 heterocycles. The first-order chi connectivity index (χ1) is 14.1. The molecule has 0 saturated heterocycles. The van der Waals surface area contributed by atoms with E-state index in [1.807, 2.05) is 0 Å². The Labute approximate surface area is 183 Å². The molecule has 30 heavy (non-hydrogen) atoms. The normalized spacial score (nSPS) is 12.3. The van der Waals surface area contributed by atoms with Crippen LogP contribution in [-0.4, -0.2) is 33.0 Å². The average molecular weight is 477 g/mol. The van der Waals surface area contributed by atoms with Crippen molar-refractivity contribution in [3.05, 3.63) is 62.1 Å². The Kier molecular flexibility index (Phi) is 8.02. The van der Waals surface area contributed by atoms with Crippen molar-refractivity contribution in [3.8, 4) is 5.75 Å². The van der Waals surface area contributed by atoms with Crippen LogP contribution in [0.4, 0.5) is 5.69 Å². The molecule has 0 radical (unpaired) electrons. The van der Waals surface area contributed by atoms with Crippen LogP contribution in [-0.2, 0) is 19.6 Å². The summed E-state index contributed by atoms with van der Waals surface area (Å²) in [6, 6.07) is 6.62. The number of benzene rings is 2. The molecule has 2 aromatic rings. The maximum Gasteiger partial charge on any atom is 0.307 e. The molecule has 0 fully saturated rings. The Morgan fingerprint density at radius 2 is 1.97 bits per heavy atom. The maximum atomic E-state index is 13.0. The van der Waals surface area contributed by atoms with E-state index >= 15 is 0 Å². The molecule has 0 saturated carbocycles. The van der Waals surface area contributed by atoms with Crippen molar-refractivity contribution >= 4 is 44.9 Å². The minimum atomic E-state index is -4.28. The molecular weight excluding hydrogens is 459 g/mol. The standard InChI is InChI=1S/C18H18Cl2N2O7S/c1-3-29-16(23)10-14(11-5-4-6-12(9-11)22(24)25)21-30(26,27)15-8-7-13(19)17(20)18(15)28-2/h4-9,14,21H,3,10H2,1-2H3/t14-/m1/s1. The molecule has 2 rings (SSSR count). The second-order valence-corrected chi connectivity index (χ2v) is 8.40. The fourth-order valence-electron chi connectivity index (χ4n) is 2.64. The number of carbonyl (C=O) groups excluding carboxylic acids is 1.